The second-order valence-electron chi connectivity index (χ2n) is 4.24. The number of nitrogen functional groups attached to an aromatic ring is 1. The van der Waals surface area contributed by atoms with Crippen molar-refractivity contribution in [1.82, 2.24) is 9.97 Å². The van der Waals surface area contributed by atoms with E-state index in [0.717, 1.165) is 21.5 Å². The van der Waals surface area contributed by atoms with Gasteiger partial charge in [-0.15, -0.1) is 11.3 Å². The topological polar surface area (TPSA) is 61.0 Å². The van der Waals surface area contributed by atoms with Gasteiger partial charge in [-0.1, -0.05) is 12.1 Å². The van der Waals surface area contributed by atoms with Gasteiger partial charge in [-0.2, -0.15) is 0 Å². The third-order valence-electron chi connectivity index (χ3n) is 2.87. The fourth-order valence-electron chi connectivity index (χ4n) is 1.96. The molecule has 2 heterocycles. The molecule has 4 nitrogen and oxygen atoms in total. The quantitative estimate of drug-likeness (QED) is 0.777. The van der Waals surface area contributed by atoms with Crippen molar-refractivity contribution in [3.63, 3.8) is 0 Å². The van der Waals surface area contributed by atoms with E-state index in [1.807, 2.05) is 37.3 Å². The number of benzene rings is 1. The maximum absolute atomic E-state index is 6.00. The molecule has 1 aromatic carbocycles. The first-order valence-corrected chi connectivity index (χ1v) is 6.67. The first-order chi connectivity index (χ1) is 9.17. The molecule has 0 radical (unpaired) electrons. The van der Waals surface area contributed by atoms with Crippen LogP contribution in [0.15, 0.2) is 30.3 Å². The monoisotopic (exact) mass is 271 g/mol. The van der Waals surface area contributed by atoms with Crippen molar-refractivity contribution >= 4 is 27.4 Å². The van der Waals surface area contributed by atoms with Gasteiger partial charge >= 0.3 is 0 Å². The minimum atomic E-state index is 0.521. The molecule has 0 unspecified atom stereocenters. The van der Waals surface area contributed by atoms with Crippen LogP contribution in [0.1, 0.15) is 4.88 Å². The van der Waals surface area contributed by atoms with Crippen molar-refractivity contribution in [2.45, 2.75) is 6.92 Å². The molecule has 0 saturated heterocycles. The Labute approximate surface area is 114 Å². The predicted octanol–water partition coefficient (Wildman–Crippen LogP) is 3.26. The average molecular weight is 271 g/mol. The van der Waals surface area contributed by atoms with Crippen LogP contribution in [-0.4, -0.2) is 17.1 Å². The predicted molar refractivity (Wildman–Crippen MR) is 78.6 cm³/mol. The number of nitrogens with zero attached hydrogens (tertiary/aromatic N) is 2. The van der Waals surface area contributed by atoms with Crippen LogP contribution in [0.4, 0.5) is 5.82 Å². The summed E-state index contributed by atoms with van der Waals surface area (Å²) >= 11 is 1.62. The second kappa shape index (κ2) is 4.51. The minimum absolute atomic E-state index is 0.521. The molecule has 0 fully saturated rings. The molecule has 96 valence electrons. The lowest BCUT2D eigenvalue weighted by atomic mass is 10.2. The molecule has 0 bridgehead atoms. The summed E-state index contributed by atoms with van der Waals surface area (Å²) in [4.78, 5) is 11.1. The highest BCUT2D eigenvalue weighted by molar-refractivity contribution is 7.18. The lowest BCUT2D eigenvalue weighted by Gasteiger charge is -2.04. The van der Waals surface area contributed by atoms with Crippen molar-refractivity contribution in [3.8, 4) is 17.1 Å². The van der Waals surface area contributed by atoms with Gasteiger partial charge in [0.1, 0.15) is 16.4 Å². The molecule has 0 aliphatic carbocycles. The van der Waals surface area contributed by atoms with Gasteiger partial charge in [-0.05, 0) is 25.1 Å². The summed E-state index contributed by atoms with van der Waals surface area (Å²) in [5.41, 5.74) is 6.90. The van der Waals surface area contributed by atoms with E-state index in [1.165, 1.54) is 4.88 Å². The molecular weight excluding hydrogens is 258 g/mol. The number of thiophene rings is 1. The Bertz CT molecular complexity index is 752. The average Bonchev–Trinajstić information content (AvgIpc) is 2.80. The highest BCUT2D eigenvalue weighted by Crippen LogP contribution is 2.30. The number of nitrogens with two attached hydrogens (primary N) is 1. The maximum atomic E-state index is 6.00. The molecule has 0 aliphatic rings. The fourth-order valence-corrected chi connectivity index (χ4v) is 2.84. The Morgan fingerprint density at radius 2 is 2.05 bits per heavy atom. The van der Waals surface area contributed by atoms with Crippen molar-refractivity contribution in [2.75, 3.05) is 12.8 Å². The number of ether oxygens (including phenoxy) is 1. The van der Waals surface area contributed by atoms with Crippen LogP contribution in [-0.2, 0) is 0 Å². The molecule has 0 saturated carbocycles. The van der Waals surface area contributed by atoms with E-state index in [-0.39, 0.29) is 0 Å². The van der Waals surface area contributed by atoms with E-state index in [1.54, 1.807) is 18.4 Å². The number of methoxy groups -OCH3 is 1. The lowest BCUT2D eigenvalue weighted by molar-refractivity contribution is 0.415. The smallest absolute Gasteiger partial charge is 0.163 e. The van der Waals surface area contributed by atoms with Crippen molar-refractivity contribution in [3.05, 3.63) is 35.2 Å². The Morgan fingerprint density at radius 1 is 1.21 bits per heavy atom. The summed E-state index contributed by atoms with van der Waals surface area (Å²) in [6, 6.07) is 9.67. The van der Waals surface area contributed by atoms with Crippen molar-refractivity contribution < 1.29 is 4.74 Å². The molecule has 0 atom stereocenters. The van der Waals surface area contributed by atoms with Gasteiger partial charge in [0.2, 0.25) is 0 Å². The van der Waals surface area contributed by atoms with E-state index in [4.69, 9.17) is 10.5 Å². The van der Waals surface area contributed by atoms with Crippen LogP contribution < -0.4 is 10.5 Å². The summed E-state index contributed by atoms with van der Waals surface area (Å²) in [6.07, 6.45) is 0. The minimum Gasteiger partial charge on any atom is -0.497 e. The van der Waals surface area contributed by atoms with E-state index in [9.17, 15) is 0 Å². The molecule has 5 heteroatoms. The molecule has 3 rings (SSSR count). The molecule has 0 amide bonds. The van der Waals surface area contributed by atoms with Crippen LogP contribution in [0.25, 0.3) is 21.6 Å². The zero-order valence-electron chi connectivity index (χ0n) is 10.7. The number of aryl methyl sites for hydroxylation is 1. The first-order valence-electron chi connectivity index (χ1n) is 5.85. The third-order valence-corrected chi connectivity index (χ3v) is 3.82. The summed E-state index contributed by atoms with van der Waals surface area (Å²) in [5, 5.41) is 0.925. The Kier molecular flexibility index (Phi) is 2.83. The van der Waals surface area contributed by atoms with E-state index < -0.39 is 0 Å². The molecule has 0 spiro atoms. The Morgan fingerprint density at radius 3 is 2.84 bits per heavy atom. The number of hydrogen-bond acceptors (Lipinski definition) is 5. The Balaban J connectivity index is 2.18. The molecule has 0 aliphatic heterocycles. The second-order valence-corrected chi connectivity index (χ2v) is 5.48. The molecule has 2 aromatic heterocycles. The number of rotatable bonds is 2. The Hall–Kier alpha value is -2.14. The summed E-state index contributed by atoms with van der Waals surface area (Å²) < 4.78 is 5.21. The van der Waals surface area contributed by atoms with Crippen LogP contribution in [0.3, 0.4) is 0 Å². The van der Waals surface area contributed by atoms with Crippen molar-refractivity contribution in [1.29, 1.82) is 0 Å². The van der Waals surface area contributed by atoms with Gasteiger partial charge in [-0.25, -0.2) is 9.97 Å². The van der Waals surface area contributed by atoms with Crippen LogP contribution in [0, 0.1) is 6.92 Å². The molecule has 3 aromatic rings. The van der Waals surface area contributed by atoms with Gasteiger partial charge in [0.05, 0.1) is 12.5 Å². The molecule has 2 N–H and O–H groups in total. The summed E-state index contributed by atoms with van der Waals surface area (Å²) in [6.45, 7) is 2.04. The zero-order chi connectivity index (χ0) is 13.4. The fraction of sp³-hybridized carbons (Fsp3) is 0.143. The number of fused-ring (bicyclic) bond motifs is 1. The summed E-state index contributed by atoms with van der Waals surface area (Å²) in [7, 11) is 1.64. The van der Waals surface area contributed by atoms with Gasteiger partial charge in [-0.3, -0.25) is 0 Å². The van der Waals surface area contributed by atoms with Gasteiger partial charge < -0.3 is 10.5 Å². The lowest BCUT2D eigenvalue weighted by Crippen LogP contribution is -1.96. The highest BCUT2D eigenvalue weighted by atomic mass is 32.1. The van der Waals surface area contributed by atoms with E-state index >= 15 is 0 Å². The SMILES string of the molecule is COc1cccc(-c2nc(N)c3cc(C)sc3n2)c1. The summed E-state index contributed by atoms with van der Waals surface area (Å²) in [5.74, 6) is 1.93. The normalized spacial score (nSPS) is 10.8. The standard InChI is InChI=1S/C14H13N3OS/c1-8-6-11-12(15)16-13(17-14(11)19-8)9-4-3-5-10(7-9)18-2/h3-7H,1-2H3,(H2,15,16,17). The van der Waals surface area contributed by atoms with Gasteiger partial charge in [0, 0.05) is 10.4 Å². The molecule has 19 heavy (non-hydrogen) atoms. The van der Waals surface area contributed by atoms with E-state index in [2.05, 4.69) is 9.97 Å². The van der Waals surface area contributed by atoms with Crippen LogP contribution >= 0.6 is 11.3 Å². The van der Waals surface area contributed by atoms with Crippen LogP contribution in [0.2, 0.25) is 0 Å². The number of anilines is 1. The van der Waals surface area contributed by atoms with Crippen molar-refractivity contribution in [2.24, 2.45) is 0 Å². The number of aromatic nitrogens is 2. The maximum Gasteiger partial charge on any atom is 0.163 e. The van der Waals surface area contributed by atoms with Crippen LogP contribution in [0.5, 0.6) is 5.75 Å². The highest BCUT2D eigenvalue weighted by Gasteiger charge is 2.10. The first kappa shape index (κ1) is 11.9. The third kappa shape index (κ3) is 2.13. The largest absolute Gasteiger partial charge is 0.497 e. The van der Waals surface area contributed by atoms with E-state index in [0.29, 0.717) is 11.6 Å². The zero-order valence-corrected chi connectivity index (χ0v) is 11.5. The number of hydrogen-bond donors (Lipinski definition) is 1. The molecular formula is C14H13N3OS. The van der Waals surface area contributed by atoms with Gasteiger partial charge in [0.15, 0.2) is 5.82 Å². The van der Waals surface area contributed by atoms with Gasteiger partial charge in [0.25, 0.3) is 0 Å².